The van der Waals surface area contributed by atoms with Crippen molar-refractivity contribution < 1.29 is 4.74 Å². The molecule has 0 bridgehead atoms. The van der Waals surface area contributed by atoms with Gasteiger partial charge in [-0.2, -0.15) is 0 Å². The van der Waals surface area contributed by atoms with Gasteiger partial charge >= 0.3 is 0 Å². The number of ether oxygens (including phenoxy) is 1. The minimum atomic E-state index is 0.0382. The summed E-state index contributed by atoms with van der Waals surface area (Å²) in [6.07, 6.45) is 2.41. The van der Waals surface area contributed by atoms with Crippen LogP contribution in [0.3, 0.4) is 0 Å². The molecule has 104 valence electrons. The molecule has 2 heterocycles. The van der Waals surface area contributed by atoms with Crippen LogP contribution in [0.15, 0.2) is 18.2 Å². The maximum Gasteiger partial charge on any atom is 0.0777 e. The first-order valence-corrected chi connectivity index (χ1v) is 7.27. The Morgan fingerprint density at radius 1 is 1.32 bits per heavy atom. The molecule has 2 aliphatic heterocycles. The summed E-state index contributed by atoms with van der Waals surface area (Å²) in [4.78, 5) is 2.52. The predicted octanol–water partition coefficient (Wildman–Crippen LogP) is 2.29. The van der Waals surface area contributed by atoms with E-state index < -0.39 is 0 Å². The van der Waals surface area contributed by atoms with E-state index in [0.717, 1.165) is 26.2 Å². The van der Waals surface area contributed by atoms with Crippen LogP contribution in [0.5, 0.6) is 0 Å². The fourth-order valence-corrected chi connectivity index (χ4v) is 3.31. The molecule has 3 nitrogen and oxygen atoms in total. The molecule has 3 heteroatoms. The number of methoxy groups -OCH3 is 1. The first-order chi connectivity index (χ1) is 9.18. The fourth-order valence-electron chi connectivity index (χ4n) is 3.31. The monoisotopic (exact) mass is 260 g/mol. The quantitative estimate of drug-likeness (QED) is 0.902. The van der Waals surface area contributed by atoms with Gasteiger partial charge in [0.15, 0.2) is 0 Å². The Morgan fingerprint density at radius 3 is 3.00 bits per heavy atom. The van der Waals surface area contributed by atoms with Gasteiger partial charge in [0.2, 0.25) is 0 Å². The molecular weight excluding hydrogens is 236 g/mol. The maximum atomic E-state index is 5.67. The number of likely N-dealkylation sites (tertiary alicyclic amines) is 1. The molecule has 1 aromatic rings. The molecule has 1 saturated heterocycles. The van der Waals surface area contributed by atoms with Gasteiger partial charge in [0.05, 0.1) is 5.60 Å². The summed E-state index contributed by atoms with van der Waals surface area (Å²) >= 11 is 0. The van der Waals surface area contributed by atoms with Crippen molar-refractivity contribution in [2.24, 2.45) is 0 Å². The second-order valence-corrected chi connectivity index (χ2v) is 6.17. The van der Waals surface area contributed by atoms with Crippen molar-refractivity contribution in [1.29, 1.82) is 0 Å². The van der Waals surface area contributed by atoms with E-state index in [2.05, 4.69) is 35.3 Å². The van der Waals surface area contributed by atoms with Gasteiger partial charge in [-0.1, -0.05) is 18.2 Å². The lowest BCUT2D eigenvalue weighted by molar-refractivity contribution is -0.0527. The lowest BCUT2D eigenvalue weighted by Gasteiger charge is -2.39. The number of fused-ring (bicyclic) bond motifs is 1. The van der Waals surface area contributed by atoms with Crippen LogP contribution < -0.4 is 5.32 Å². The van der Waals surface area contributed by atoms with Crippen molar-refractivity contribution >= 4 is 0 Å². The smallest absolute Gasteiger partial charge is 0.0777 e. The van der Waals surface area contributed by atoms with E-state index in [1.54, 1.807) is 0 Å². The molecule has 1 aromatic carbocycles. The third kappa shape index (κ3) is 2.83. The van der Waals surface area contributed by atoms with Gasteiger partial charge in [-0.3, -0.25) is 4.90 Å². The van der Waals surface area contributed by atoms with Crippen molar-refractivity contribution in [3.63, 3.8) is 0 Å². The SMILES string of the molecule is COC1(C)CCCN(Cc2ccc3c(c2)CNC3)C1. The standard InChI is InChI=1S/C16H24N2O/c1-16(19-2)6-3-7-18(12-16)11-13-4-5-14-9-17-10-15(14)8-13/h4-5,8,17H,3,6-7,9-12H2,1-2H3. The average Bonchev–Trinajstić information content (AvgIpc) is 2.86. The van der Waals surface area contributed by atoms with E-state index in [-0.39, 0.29) is 5.60 Å². The van der Waals surface area contributed by atoms with Crippen molar-refractivity contribution in [1.82, 2.24) is 10.2 Å². The molecule has 1 atom stereocenters. The second kappa shape index (κ2) is 5.23. The first-order valence-electron chi connectivity index (χ1n) is 7.27. The Kier molecular flexibility index (Phi) is 3.61. The van der Waals surface area contributed by atoms with Gasteiger partial charge in [0.1, 0.15) is 0 Å². The number of hydrogen-bond acceptors (Lipinski definition) is 3. The van der Waals surface area contributed by atoms with Crippen LogP contribution in [0.2, 0.25) is 0 Å². The van der Waals surface area contributed by atoms with Crippen LogP contribution in [0, 0.1) is 0 Å². The lowest BCUT2D eigenvalue weighted by Crippen LogP contribution is -2.46. The summed E-state index contributed by atoms with van der Waals surface area (Å²) in [5.74, 6) is 0. The zero-order valence-corrected chi connectivity index (χ0v) is 12.0. The van der Waals surface area contributed by atoms with Gasteiger partial charge in [-0.05, 0) is 43.0 Å². The third-order valence-electron chi connectivity index (χ3n) is 4.54. The normalized spacial score (nSPS) is 27.5. The van der Waals surface area contributed by atoms with E-state index in [4.69, 9.17) is 4.74 Å². The molecular formula is C16H24N2O. The Balaban J connectivity index is 1.68. The van der Waals surface area contributed by atoms with Crippen molar-refractivity contribution in [3.8, 4) is 0 Å². The van der Waals surface area contributed by atoms with Gasteiger partial charge in [0.25, 0.3) is 0 Å². The van der Waals surface area contributed by atoms with Gasteiger partial charge < -0.3 is 10.1 Å². The highest BCUT2D eigenvalue weighted by Crippen LogP contribution is 2.25. The number of rotatable bonds is 3. The highest BCUT2D eigenvalue weighted by molar-refractivity contribution is 5.34. The number of hydrogen-bond donors (Lipinski definition) is 1. The molecule has 2 aliphatic rings. The summed E-state index contributed by atoms with van der Waals surface area (Å²) in [7, 11) is 1.84. The Morgan fingerprint density at radius 2 is 2.16 bits per heavy atom. The van der Waals surface area contributed by atoms with E-state index in [1.807, 2.05) is 7.11 Å². The number of piperidine rings is 1. The molecule has 0 aromatic heterocycles. The van der Waals surface area contributed by atoms with Crippen molar-refractivity contribution in [2.75, 3.05) is 20.2 Å². The molecule has 0 aliphatic carbocycles. The molecule has 0 radical (unpaired) electrons. The van der Waals surface area contributed by atoms with Crippen molar-refractivity contribution in [3.05, 3.63) is 34.9 Å². The van der Waals surface area contributed by atoms with E-state index in [0.29, 0.717) is 0 Å². The van der Waals surface area contributed by atoms with Crippen LogP contribution in [-0.2, 0) is 24.4 Å². The van der Waals surface area contributed by atoms with E-state index in [1.165, 1.54) is 36.1 Å². The highest BCUT2D eigenvalue weighted by atomic mass is 16.5. The Bertz CT molecular complexity index is 460. The zero-order valence-electron chi connectivity index (χ0n) is 12.0. The molecule has 1 unspecified atom stereocenters. The maximum absolute atomic E-state index is 5.67. The number of nitrogens with one attached hydrogen (secondary N) is 1. The predicted molar refractivity (Wildman–Crippen MR) is 76.9 cm³/mol. The van der Waals surface area contributed by atoms with Crippen LogP contribution in [0.1, 0.15) is 36.5 Å². The largest absolute Gasteiger partial charge is 0.377 e. The minimum Gasteiger partial charge on any atom is -0.377 e. The van der Waals surface area contributed by atoms with E-state index >= 15 is 0 Å². The molecule has 19 heavy (non-hydrogen) atoms. The first kappa shape index (κ1) is 13.1. The van der Waals surface area contributed by atoms with Crippen molar-refractivity contribution in [2.45, 2.75) is 45.0 Å². The van der Waals surface area contributed by atoms with Crippen LogP contribution in [0.4, 0.5) is 0 Å². The van der Waals surface area contributed by atoms with Crippen LogP contribution >= 0.6 is 0 Å². The van der Waals surface area contributed by atoms with Gasteiger partial charge in [-0.25, -0.2) is 0 Å². The minimum absolute atomic E-state index is 0.0382. The zero-order chi connectivity index (χ0) is 13.3. The molecule has 0 spiro atoms. The molecule has 1 fully saturated rings. The molecule has 3 rings (SSSR count). The summed E-state index contributed by atoms with van der Waals surface area (Å²) in [5, 5.41) is 3.41. The summed E-state index contributed by atoms with van der Waals surface area (Å²) in [6.45, 7) is 7.56. The third-order valence-corrected chi connectivity index (χ3v) is 4.54. The van der Waals surface area contributed by atoms with Crippen LogP contribution in [0.25, 0.3) is 0 Å². The summed E-state index contributed by atoms with van der Waals surface area (Å²) in [5.41, 5.74) is 4.41. The highest BCUT2D eigenvalue weighted by Gasteiger charge is 2.30. The Labute approximate surface area is 115 Å². The van der Waals surface area contributed by atoms with Gasteiger partial charge in [0, 0.05) is 33.3 Å². The Hall–Kier alpha value is -0.900. The fraction of sp³-hybridized carbons (Fsp3) is 0.625. The molecule has 0 amide bonds. The molecule has 0 saturated carbocycles. The average molecular weight is 260 g/mol. The topological polar surface area (TPSA) is 24.5 Å². The summed E-state index contributed by atoms with van der Waals surface area (Å²) < 4.78 is 5.67. The van der Waals surface area contributed by atoms with Crippen LogP contribution in [-0.4, -0.2) is 30.7 Å². The second-order valence-electron chi connectivity index (χ2n) is 6.17. The van der Waals surface area contributed by atoms with E-state index in [9.17, 15) is 0 Å². The lowest BCUT2D eigenvalue weighted by atomic mass is 9.94. The van der Waals surface area contributed by atoms with Gasteiger partial charge in [-0.15, -0.1) is 0 Å². The number of nitrogens with zero attached hydrogens (tertiary/aromatic N) is 1. The molecule has 1 N–H and O–H groups in total. The number of benzene rings is 1. The summed E-state index contributed by atoms with van der Waals surface area (Å²) in [6, 6.07) is 6.93.